The molecule has 0 unspecified atom stereocenters. The standard InChI is InChI=1S/C24H27ClN2O3/c1-23(2)12-18-13-24(3,14-23)15-27(18)22(29)20(11-19-5-4-10-30-19)26-21(28)16-6-8-17(25)9-7-16/h4-11,18H,12-15H2,1-3H3,(H,26,28)/b20-11+/t18-,24-/m1/s1. The van der Waals surface area contributed by atoms with Crippen molar-refractivity contribution in [3.63, 3.8) is 0 Å². The van der Waals surface area contributed by atoms with Crippen LogP contribution in [-0.2, 0) is 4.79 Å². The van der Waals surface area contributed by atoms with Gasteiger partial charge in [-0.2, -0.15) is 0 Å². The Morgan fingerprint density at radius 2 is 1.90 bits per heavy atom. The number of nitrogens with one attached hydrogen (secondary N) is 1. The number of fused-ring (bicyclic) bond motifs is 2. The highest BCUT2D eigenvalue weighted by Gasteiger charge is 2.51. The lowest BCUT2D eigenvalue weighted by Gasteiger charge is -2.39. The van der Waals surface area contributed by atoms with E-state index < -0.39 is 0 Å². The predicted octanol–water partition coefficient (Wildman–Crippen LogP) is 5.13. The second-order valence-corrected chi connectivity index (χ2v) is 10.1. The molecule has 5 nitrogen and oxygen atoms in total. The monoisotopic (exact) mass is 426 g/mol. The molecule has 0 spiro atoms. The van der Waals surface area contributed by atoms with Crippen LogP contribution in [0.5, 0.6) is 0 Å². The normalized spacial score (nSPS) is 25.3. The van der Waals surface area contributed by atoms with Crippen molar-refractivity contribution in [2.24, 2.45) is 10.8 Å². The summed E-state index contributed by atoms with van der Waals surface area (Å²) < 4.78 is 5.40. The Morgan fingerprint density at radius 3 is 2.57 bits per heavy atom. The van der Waals surface area contributed by atoms with Crippen LogP contribution in [0.3, 0.4) is 0 Å². The van der Waals surface area contributed by atoms with Crippen LogP contribution in [0.4, 0.5) is 0 Å². The largest absolute Gasteiger partial charge is 0.465 e. The van der Waals surface area contributed by atoms with Crippen molar-refractivity contribution < 1.29 is 14.0 Å². The van der Waals surface area contributed by atoms with Gasteiger partial charge in [0.1, 0.15) is 11.5 Å². The van der Waals surface area contributed by atoms with Crippen LogP contribution in [0.25, 0.3) is 6.08 Å². The molecule has 1 aliphatic carbocycles. The van der Waals surface area contributed by atoms with E-state index in [0.717, 1.165) is 19.3 Å². The number of furan rings is 1. The minimum atomic E-state index is -0.355. The van der Waals surface area contributed by atoms with Gasteiger partial charge in [0.2, 0.25) is 0 Å². The number of nitrogens with zero attached hydrogens (tertiary/aromatic N) is 1. The predicted molar refractivity (Wildman–Crippen MR) is 117 cm³/mol. The van der Waals surface area contributed by atoms with E-state index in [2.05, 4.69) is 26.1 Å². The summed E-state index contributed by atoms with van der Waals surface area (Å²) in [5.74, 6) is -0.00450. The highest BCUT2D eigenvalue weighted by atomic mass is 35.5. The fraction of sp³-hybridized carbons (Fsp3) is 0.417. The van der Waals surface area contributed by atoms with Crippen LogP contribution in [0, 0.1) is 10.8 Å². The molecule has 0 radical (unpaired) electrons. The fourth-order valence-corrected chi connectivity index (χ4v) is 5.44. The molecule has 4 rings (SSSR count). The van der Waals surface area contributed by atoms with Crippen LogP contribution in [0.2, 0.25) is 5.02 Å². The molecule has 2 atom stereocenters. The molecule has 2 heterocycles. The van der Waals surface area contributed by atoms with Crippen molar-refractivity contribution >= 4 is 29.5 Å². The van der Waals surface area contributed by atoms with Crippen LogP contribution in [0.15, 0.2) is 52.8 Å². The molecule has 2 aliphatic rings. The molecule has 2 aromatic rings. The minimum Gasteiger partial charge on any atom is -0.465 e. The van der Waals surface area contributed by atoms with Gasteiger partial charge in [-0.25, -0.2) is 0 Å². The highest BCUT2D eigenvalue weighted by Crippen LogP contribution is 2.52. The number of likely N-dealkylation sites (tertiary alicyclic amines) is 1. The summed E-state index contributed by atoms with van der Waals surface area (Å²) in [7, 11) is 0. The van der Waals surface area contributed by atoms with Crippen molar-refractivity contribution in [3.05, 3.63) is 64.7 Å². The van der Waals surface area contributed by atoms with Gasteiger partial charge in [0.15, 0.2) is 0 Å². The molecule has 2 fully saturated rings. The molecule has 30 heavy (non-hydrogen) atoms. The molecule has 1 aromatic carbocycles. The molecular formula is C24H27ClN2O3. The van der Waals surface area contributed by atoms with Gasteiger partial charge in [0.25, 0.3) is 11.8 Å². The Bertz CT molecular complexity index is 978. The number of hydrogen-bond donors (Lipinski definition) is 1. The molecular weight excluding hydrogens is 400 g/mol. The zero-order chi connectivity index (χ0) is 21.5. The second kappa shape index (κ2) is 7.62. The van der Waals surface area contributed by atoms with E-state index in [1.165, 1.54) is 0 Å². The summed E-state index contributed by atoms with van der Waals surface area (Å²) in [4.78, 5) is 28.3. The first-order valence-electron chi connectivity index (χ1n) is 10.3. The smallest absolute Gasteiger partial charge is 0.270 e. The van der Waals surface area contributed by atoms with E-state index in [1.807, 2.05) is 4.90 Å². The lowest BCUT2D eigenvalue weighted by molar-refractivity contribution is -0.128. The van der Waals surface area contributed by atoms with Gasteiger partial charge in [0, 0.05) is 29.2 Å². The fourth-order valence-electron chi connectivity index (χ4n) is 5.31. The maximum Gasteiger partial charge on any atom is 0.270 e. The van der Waals surface area contributed by atoms with Crippen LogP contribution in [0.1, 0.15) is 56.2 Å². The average Bonchev–Trinajstić information content (AvgIpc) is 3.25. The van der Waals surface area contributed by atoms with Crippen molar-refractivity contribution in [2.45, 2.75) is 46.1 Å². The van der Waals surface area contributed by atoms with Crippen molar-refractivity contribution in [1.82, 2.24) is 10.2 Å². The molecule has 6 heteroatoms. The van der Waals surface area contributed by atoms with Crippen LogP contribution >= 0.6 is 11.6 Å². The maximum atomic E-state index is 13.6. The summed E-state index contributed by atoms with van der Waals surface area (Å²) >= 11 is 5.92. The molecule has 1 saturated heterocycles. The van der Waals surface area contributed by atoms with E-state index in [-0.39, 0.29) is 34.4 Å². The van der Waals surface area contributed by atoms with Gasteiger partial charge in [-0.3, -0.25) is 9.59 Å². The third-order valence-electron chi connectivity index (χ3n) is 6.09. The molecule has 1 saturated carbocycles. The van der Waals surface area contributed by atoms with Gasteiger partial charge in [0.05, 0.1) is 6.26 Å². The molecule has 2 amide bonds. The van der Waals surface area contributed by atoms with Crippen molar-refractivity contribution in [2.75, 3.05) is 6.54 Å². The molecule has 1 aromatic heterocycles. The third kappa shape index (κ3) is 4.31. The SMILES string of the molecule is CC1(C)C[C@@H]2C[C@@](C)(CN2C(=O)/C(=C\c2ccco2)NC(=O)c2ccc(Cl)cc2)C1. The Labute approximate surface area is 182 Å². The zero-order valence-electron chi connectivity index (χ0n) is 17.6. The third-order valence-corrected chi connectivity index (χ3v) is 6.34. The van der Waals surface area contributed by atoms with Gasteiger partial charge in [-0.15, -0.1) is 0 Å². The summed E-state index contributed by atoms with van der Waals surface area (Å²) in [6.45, 7) is 7.50. The number of carbonyl (C=O) groups excluding carboxylic acids is 2. The first-order chi connectivity index (χ1) is 14.1. The molecule has 1 aliphatic heterocycles. The Balaban J connectivity index is 1.61. The average molecular weight is 427 g/mol. The van der Waals surface area contributed by atoms with E-state index in [1.54, 1.807) is 48.7 Å². The van der Waals surface area contributed by atoms with E-state index in [4.69, 9.17) is 16.0 Å². The first-order valence-corrected chi connectivity index (χ1v) is 10.7. The molecule has 2 bridgehead atoms. The van der Waals surface area contributed by atoms with Gasteiger partial charge in [-0.05, 0) is 66.5 Å². The summed E-state index contributed by atoms with van der Waals surface area (Å²) in [6.07, 6.45) is 6.21. The number of rotatable bonds is 4. The van der Waals surface area contributed by atoms with E-state index >= 15 is 0 Å². The summed E-state index contributed by atoms with van der Waals surface area (Å²) in [6, 6.07) is 10.3. The first kappa shape index (κ1) is 20.7. The Hall–Kier alpha value is -2.53. The molecule has 1 N–H and O–H groups in total. The summed E-state index contributed by atoms with van der Waals surface area (Å²) in [5, 5.41) is 3.36. The van der Waals surface area contributed by atoms with Crippen LogP contribution < -0.4 is 5.32 Å². The van der Waals surface area contributed by atoms with Crippen molar-refractivity contribution in [1.29, 1.82) is 0 Å². The summed E-state index contributed by atoms with van der Waals surface area (Å²) in [5.41, 5.74) is 0.965. The Morgan fingerprint density at radius 1 is 1.17 bits per heavy atom. The quantitative estimate of drug-likeness (QED) is 0.689. The second-order valence-electron chi connectivity index (χ2n) is 9.68. The van der Waals surface area contributed by atoms with E-state index in [0.29, 0.717) is 22.9 Å². The lowest BCUT2D eigenvalue weighted by atomic mass is 9.65. The highest BCUT2D eigenvalue weighted by molar-refractivity contribution is 6.30. The van der Waals surface area contributed by atoms with E-state index in [9.17, 15) is 9.59 Å². The topological polar surface area (TPSA) is 62.6 Å². The van der Waals surface area contributed by atoms with Crippen LogP contribution in [-0.4, -0.2) is 29.3 Å². The Kier molecular flexibility index (Phi) is 5.27. The zero-order valence-corrected chi connectivity index (χ0v) is 18.3. The number of halogens is 1. The number of carbonyl (C=O) groups is 2. The maximum absolute atomic E-state index is 13.6. The van der Waals surface area contributed by atoms with Crippen molar-refractivity contribution in [3.8, 4) is 0 Å². The van der Waals surface area contributed by atoms with Gasteiger partial charge >= 0.3 is 0 Å². The van der Waals surface area contributed by atoms with Gasteiger partial charge in [-0.1, -0.05) is 32.4 Å². The van der Waals surface area contributed by atoms with Gasteiger partial charge < -0.3 is 14.6 Å². The number of benzene rings is 1. The molecule has 158 valence electrons. The lowest BCUT2D eigenvalue weighted by Crippen LogP contribution is -2.42. The number of amides is 2. The minimum absolute atomic E-state index is 0.109. The number of hydrogen-bond acceptors (Lipinski definition) is 3.